The van der Waals surface area contributed by atoms with E-state index in [1.54, 1.807) is 0 Å². The van der Waals surface area contributed by atoms with Gasteiger partial charge in [0.1, 0.15) is 12.4 Å². The summed E-state index contributed by atoms with van der Waals surface area (Å²) in [6, 6.07) is 12.1. The second-order valence-corrected chi connectivity index (χ2v) is 16.1. The summed E-state index contributed by atoms with van der Waals surface area (Å²) < 4.78 is 40.5. The van der Waals surface area contributed by atoms with E-state index in [1.165, 1.54) is 5.56 Å². The standard InChI is InChI=1S/C40H46F2N8O3/c1-24-12-31-29-4-2-3-5-32(29)46-36(31)37(50(24)21-35(41)42)27-17-44-39(45-18-27)48-8-6-40(7-9-48)15-25(22-53-40)19-47-10-11-49-28(20-47)23-52-34-14-30-26(13-33(34)49)16-43-38(30)51/h2-5,13-14,17-18,24-25,28,35,37,46H,6-12,15-16,19-23H2,1H3,(H,43,51)/t24?,25?,28?,37-/m0/s1. The maximum Gasteiger partial charge on any atom is 0.252 e. The van der Waals surface area contributed by atoms with Crippen LogP contribution in [0.2, 0.25) is 0 Å². The van der Waals surface area contributed by atoms with Gasteiger partial charge in [-0.1, -0.05) is 18.2 Å². The molecule has 2 aromatic heterocycles. The number of carbonyl (C=O) groups excluding carboxylic acids is 1. The maximum absolute atomic E-state index is 13.9. The smallest absolute Gasteiger partial charge is 0.252 e. The van der Waals surface area contributed by atoms with E-state index < -0.39 is 6.43 Å². The third kappa shape index (κ3) is 5.82. The van der Waals surface area contributed by atoms with Crippen molar-refractivity contribution >= 4 is 28.4 Å². The normalized spacial score (nSPS) is 26.8. The van der Waals surface area contributed by atoms with Crippen LogP contribution in [0.25, 0.3) is 10.9 Å². The highest BCUT2D eigenvalue weighted by Gasteiger charge is 2.45. The number of ether oxygens (including phenoxy) is 2. The molecule has 0 radical (unpaired) electrons. The first-order chi connectivity index (χ1) is 25.8. The van der Waals surface area contributed by atoms with Crippen LogP contribution in [-0.2, 0) is 17.7 Å². The number of halogens is 2. The molecule has 3 fully saturated rings. The number of nitrogens with zero attached hydrogens (tertiary/aromatic N) is 6. The number of hydrogen-bond donors (Lipinski definition) is 2. The lowest BCUT2D eigenvalue weighted by Gasteiger charge is -2.46. The van der Waals surface area contributed by atoms with E-state index in [1.807, 2.05) is 48.5 Å². The van der Waals surface area contributed by atoms with Gasteiger partial charge in [-0.2, -0.15) is 0 Å². The predicted octanol–water partition coefficient (Wildman–Crippen LogP) is 4.76. The van der Waals surface area contributed by atoms with Gasteiger partial charge in [-0.05, 0) is 67.9 Å². The van der Waals surface area contributed by atoms with Gasteiger partial charge in [0.25, 0.3) is 12.3 Å². The molecule has 0 aliphatic carbocycles. The largest absolute Gasteiger partial charge is 0.489 e. The zero-order chi connectivity index (χ0) is 35.8. The van der Waals surface area contributed by atoms with Crippen molar-refractivity contribution in [3.05, 3.63) is 76.7 Å². The molecule has 4 atom stereocenters. The van der Waals surface area contributed by atoms with Crippen LogP contribution in [-0.4, -0.2) is 114 Å². The Morgan fingerprint density at radius 3 is 2.72 bits per heavy atom. The van der Waals surface area contributed by atoms with Gasteiger partial charge >= 0.3 is 0 Å². The first kappa shape index (κ1) is 33.3. The summed E-state index contributed by atoms with van der Waals surface area (Å²) >= 11 is 0. The van der Waals surface area contributed by atoms with Crippen LogP contribution >= 0.6 is 0 Å². The van der Waals surface area contributed by atoms with Crippen molar-refractivity contribution < 1.29 is 23.0 Å². The highest BCUT2D eigenvalue weighted by atomic mass is 19.3. The Hall–Kier alpha value is -4.33. The number of piperazine rings is 1. The van der Waals surface area contributed by atoms with Gasteiger partial charge < -0.3 is 29.6 Å². The fourth-order valence-corrected chi connectivity index (χ4v) is 10.1. The monoisotopic (exact) mass is 724 g/mol. The number of anilines is 2. The molecule has 3 saturated heterocycles. The molecular weight excluding hydrogens is 678 g/mol. The highest BCUT2D eigenvalue weighted by molar-refractivity contribution is 5.99. The number of carbonyl (C=O) groups is 1. The van der Waals surface area contributed by atoms with Crippen LogP contribution in [0.3, 0.4) is 0 Å². The van der Waals surface area contributed by atoms with Crippen LogP contribution in [0.1, 0.15) is 65.0 Å². The minimum Gasteiger partial charge on any atom is -0.489 e. The summed E-state index contributed by atoms with van der Waals surface area (Å²) in [7, 11) is 0. The van der Waals surface area contributed by atoms with Gasteiger partial charge in [-0.25, -0.2) is 18.7 Å². The lowest BCUT2D eigenvalue weighted by atomic mass is 9.85. The van der Waals surface area contributed by atoms with Crippen molar-refractivity contribution in [2.45, 2.75) is 69.3 Å². The molecule has 2 aromatic carbocycles. The van der Waals surface area contributed by atoms with Crippen LogP contribution in [0, 0.1) is 5.92 Å². The van der Waals surface area contributed by atoms with Gasteiger partial charge in [-0.3, -0.25) is 14.6 Å². The molecule has 11 nitrogen and oxygen atoms in total. The van der Waals surface area contributed by atoms with E-state index in [0.29, 0.717) is 37.5 Å². The van der Waals surface area contributed by atoms with Crippen LogP contribution in [0.4, 0.5) is 20.4 Å². The molecule has 0 bridgehead atoms. The Kier molecular flexibility index (Phi) is 8.10. The molecule has 10 rings (SSSR count). The van der Waals surface area contributed by atoms with Crippen LogP contribution in [0.5, 0.6) is 5.75 Å². The first-order valence-corrected chi connectivity index (χ1v) is 19.2. The lowest BCUT2D eigenvalue weighted by Crippen LogP contribution is -2.58. The lowest BCUT2D eigenvalue weighted by molar-refractivity contribution is -0.0157. The SMILES string of the molecule is CC1Cc2c([nH]c3ccccc23)[C@H](c2cnc(N3CCC4(CC3)CC(CN3CCN5c6cc7c(cc6OCC5C3)C(=O)NC7)CO4)nc2)N1CC(F)F. The van der Waals surface area contributed by atoms with Crippen LogP contribution in [0.15, 0.2) is 48.8 Å². The predicted molar refractivity (Wildman–Crippen MR) is 197 cm³/mol. The Morgan fingerprint density at radius 1 is 1.06 bits per heavy atom. The minimum atomic E-state index is -2.44. The van der Waals surface area contributed by atoms with Crippen molar-refractivity contribution in [2.24, 2.45) is 5.92 Å². The number of hydrogen-bond acceptors (Lipinski definition) is 9. The number of nitrogens with one attached hydrogen (secondary N) is 2. The number of aromatic nitrogens is 3. The molecule has 6 aliphatic heterocycles. The average Bonchev–Trinajstić information content (AvgIpc) is 3.85. The Morgan fingerprint density at radius 2 is 1.89 bits per heavy atom. The molecule has 4 aromatic rings. The molecule has 2 N–H and O–H groups in total. The summed E-state index contributed by atoms with van der Waals surface area (Å²) in [5.74, 6) is 1.98. The molecule has 13 heteroatoms. The van der Waals surface area contributed by atoms with Gasteiger partial charge in [0.15, 0.2) is 0 Å². The van der Waals surface area contributed by atoms with E-state index in [4.69, 9.17) is 19.4 Å². The van der Waals surface area contributed by atoms with Gasteiger partial charge in [0.2, 0.25) is 5.95 Å². The van der Waals surface area contributed by atoms with Gasteiger partial charge in [0, 0.05) is 92.0 Å². The number of H-pyrrole nitrogens is 1. The first-order valence-electron chi connectivity index (χ1n) is 19.2. The summed E-state index contributed by atoms with van der Waals surface area (Å²) in [6.07, 6.45) is 4.87. The van der Waals surface area contributed by atoms with Gasteiger partial charge in [-0.15, -0.1) is 0 Å². The molecule has 6 aliphatic rings. The summed E-state index contributed by atoms with van der Waals surface area (Å²) in [4.78, 5) is 34.6. The molecule has 0 saturated carbocycles. The van der Waals surface area contributed by atoms with Crippen molar-refractivity contribution in [1.29, 1.82) is 0 Å². The number of fused-ring (bicyclic) bond motifs is 7. The third-order valence-corrected chi connectivity index (χ3v) is 12.8. The zero-order valence-corrected chi connectivity index (χ0v) is 30.1. The summed E-state index contributed by atoms with van der Waals surface area (Å²) in [5, 5.41) is 4.08. The number of rotatable bonds is 6. The molecule has 1 amide bonds. The van der Waals surface area contributed by atoms with E-state index in [-0.39, 0.29) is 30.1 Å². The number of amides is 1. The molecule has 278 valence electrons. The van der Waals surface area contributed by atoms with Crippen molar-refractivity contribution in [2.75, 3.05) is 68.8 Å². The summed E-state index contributed by atoms with van der Waals surface area (Å²) in [6.45, 7) is 9.29. The fourth-order valence-electron chi connectivity index (χ4n) is 10.1. The molecule has 8 heterocycles. The zero-order valence-electron chi connectivity index (χ0n) is 30.1. The van der Waals surface area contributed by atoms with Crippen LogP contribution < -0.4 is 19.9 Å². The maximum atomic E-state index is 13.9. The van der Waals surface area contributed by atoms with Gasteiger partial charge in [0.05, 0.1) is 36.5 Å². The number of alkyl halides is 2. The van der Waals surface area contributed by atoms with Crippen molar-refractivity contribution in [3.8, 4) is 5.75 Å². The van der Waals surface area contributed by atoms with E-state index in [2.05, 4.69) is 37.1 Å². The second-order valence-electron chi connectivity index (χ2n) is 16.1. The van der Waals surface area contributed by atoms with E-state index >= 15 is 0 Å². The number of benzene rings is 2. The number of aromatic amines is 1. The number of piperidine rings is 1. The van der Waals surface area contributed by atoms with Crippen molar-refractivity contribution in [1.82, 2.24) is 30.1 Å². The topological polar surface area (TPSA) is 102 Å². The molecular formula is C40H46F2N8O3. The Labute approximate surface area is 307 Å². The molecule has 1 spiro atoms. The molecule has 3 unspecified atom stereocenters. The third-order valence-electron chi connectivity index (χ3n) is 12.8. The highest BCUT2D eigenvalue weighted by Crippen LogP contribution is 2.43. The Bertz CT molecular complexity index is 2030. The average molecular weight is 725 g/mol. The Balaban J connectivity index is 0.769. The van der Waals surface area contributed by atoms with E-state index in [0.717, 1.165) is 110 Å². The quantitative estimate of drug-likeness (QED) is 0.292. The second kappa shape index (κ2) is 12.9. The fraction of sp³-hybridized carbons (Fsp3) is 0.525. The summed E-state index contributed by atoms with van der Waals surface area (Å²) in [5.41, 5.74) is 6.81. The van der Waals surface area contributed by atoms with E-state index in [9.17, 15) is 13.6 Å². The van der Waals surface area contributed by atoms with Crippen molar-refractivity contribution in [3.63, 3.8) is 0 Å². The minimum absolute atomic E-state index is 0.0135. The molecule has 53 heavy (non-hydrogen) atoms. The number of para-hydroxylation sites is 1.